The molecule has 2 fully saturated rings. The molecule has 5 heteroatoms. The molecule has 2 saturated heterocycles. The molecule has 1 amide bonds. The monoisotopic (exact) mass is 237 g/mol. The highest BCUT2D eigenvalue weighted by atomic mass is 32.2. The molecule has 0 N–H and O–H groups in total. The summed E-state index contributed by atoms with van der Waals surface area (Å²) in [5, 5.41) is -0.794. The predicted molar refractivity (Wildman–Crippen MR) is 59.9 cm³/mol. The fraction of sp³-hybridized carbons (Fsp3) is 0.364. The van der Waals surface area contributed by atoms with E-state index in [0.717, 1.165) is 5.69 Å². The van der Waals surface area contributed by atoms with Crippen molar-refractivity contribution in [1.29, 1.82) is 0 Å². The number of carbonyl (C=O) groups is 1. The van der Waals surface area contributed by atoms with Gasteiger partial charge in [-0.15, -0.1) is 0 Å². The first kappa shape index (κ1) is 9.84. The number of carbonyl (C=O) groups excluding carboxylic acids is 1. The Kier molecular flexibility index (Phi) is 1.89. The quantitative estimate of drug-likeness (QED) is 0.718. The van der Waals surface area contributed by atoms with Crippen LogP contribution in [0.25, 0.3) is 0 Å². The Morgan fingerprint density at radius 1 is 1.19 bits per heavy atom. The second-order valence-electron chi connectivity index (χ2n) is 4.25. The van der Waals surface area contributed by atoms with Gasteiger partial charge in [-0.1, -0.05) is 18.2 Å². The smallest absolute Gasteiger partial charge is 0.245 e. The summed E-state index contributed by atoms with van der Waals surface area (Å²) in [5.41, 5.74) is 0.801. The van der Waals surface area contributed by atoms with Crippen LogP contribution >= 0.6 is 0 Å². The summed E-state index contributed by atoms with van der Waals surface area (Å²) >= 11 is 0. The molecule has 1 aromatic rings. The van der Waals surface area contributed by atoms with Crippen molar-refractivity contribution in [2.75, 3.05) is 10.7 Å². The molecule has 1 aromatic carbocycles. The van der Waals surface area contributed by atoms with Gasteiger partial charge >= 0.3 is 0 Å². The van der Waals surface area contributed by atoms with Crippen molar-refractivity contribution in [1.82, 2.24) is 0 Å². The maximum absolute atomic E-state index is 11.9. The van der Waals surface area contributed by atoms with Gasteiger partial charge in [0.1, 0.15) is 5.25 Å². The summed E-state index contributed by atoms with van der Waals surface area (Å²) in [6.45, 7) is 0. The Bertz CT molecular complexity index is 538. The van der Waals surface area contributed by atoms with Gasteiger partial charge in [0, 0.05) is 5.69 Å². The minimum atomic E-state index is -3.17. The van der Waals surface area contributed by atoms with Crippen molar-refractivity contribution in [3.8, 4) is 0 Å². The van der Waals surface area contributed by atoms with Crippen LogP contribution in [0.5, 0.6) is 0 Å². The highest BCUT2D eigenvalue weighted by molar-refractivity contribution is 7.93. The molecule has 2 aliphatic heterocycles. The highest BCUT2D eigenvalue weighted by Gasteiger charge is 2.54. The van der Waals surface area contributed by atoms with Gasteiger partial charge < -0.3 is 4.90 Å². The molecular formula is C11H11NO3S. The van der Waals surface area contributed by atoms with Crippen LogP contribution in [-0.2, 0) is 14.6 Å². The number of amides is 1. The summed E-state index contributed by atoms with van der Waals surface area (Å²) in [4.78, 5) is 13.6. The number of fused-ring (bicyclic) bond motifs is 2. The van der Waals surface area contributed by atoms with Gasteiger partial charge in [-0.2, -0.15) is 0 Å². The zero-order valence-electron chi connectivity index (χ0n) is 8.54. The third kappa shape index (κ3) is 1.21. The number of anilines is 1. The number of benzene rings is 1. The van der Waals surface area contributed by atoms with Crippen LogP contribution in [0.15, 0.2) is 30.3 Å². The molecule has 0 saturated carbocycles. The molecular weight excluding hydrogens is 226 g/mol. The second-order valence-corrected chi connectivity index (χ2v) is 6.48. The average Bonchev–Trinajstić information content (AvgIpc) is 2.71. The molecule has 0 spiro atoms. The Balaban J connectivity index is 2.01. The van der Waals surface area contributed by atoms with E-state index in [1.54, 1.807) is 4.90 Å². The van der Waals surface area contributed by atoms with Crippen molar-refractivity contribution in [2.45, 2.75) is 17.7 Å². The molecule has 2 aliphatic rings. The lowest BCUT2D eigenvalue weighted by Crippen LogP contribution is -2.45. The number of hydrogen-bond donors (Lipinski definition) is 0. The van der Waals surface area contributed by atoms with Crippen LogP contribution in [0.4, 0.5) is 5.69 Å². The van der Waals surface area contributed by atoms with Crippen LogP contribution in [0.2, 0.25) is 0 Å². The van der Waals surface area contributed by atoms with Gasteiger partial charge in [-0.3, -0.25) is 4.79 Å². The van der Waals surface area contributed by atoms with E-state index in [1.807, 2.05) is 30.3 Å². The number of para-hydroxylation sites is 1. The Morgan fingerprint density at radius 2 is 1.88 bits per heavy atom. The summed E-state index contributed by atoms with van der Waals surface area (Å²) in [6.07, 6.45) is 0.454. The van der Waals surface area contributed by atoms with Crippen molar-refractivity contribution in [3.63, 3.8) is 0 Å². The third-order valence-corrected chi connectivity index (χ3v) is 5.37. The molecule has 0 aliphatic carbocycles. The number of rotatable bonds is 1. The first-order valence-electron chi connectivity index (χ1n) is 5.19. The lowest BCUT2D eigenvalue weighted by atomic mass is 10.2. The molecule has 0 aromatic heterocycles. The molecule has 4 nitrogen and oxygen atoms in total. The highest BCUT2D eigenvalue weighted by Crippen LogP contribution is 2.37. The fourth-order valence-corrected chi connectivity index (χ4v) is 4.53. The molecule has 16 heavy (non-hydrogen) atoms. The molecule has 2 unspecified atom stereocenters. The standard InChI is InChI=1S/C11H11NO3S/c13-11-10-6-9(7-16(10,14)15)12(11)8-4-2-1-3-5-8/h1-5,9-10H,6-7H2. The summed E-state index contributed by atoms with van der Waals surface area (Å²) in [5.74, 6) is -0.152. The van der Waals surface area contributed by atoms with Gasteiger partial charge in [0.15, 0.2) is 9.84 Å². The molecule has 0 radical (unpaired) electrons. The Morgan fingerprint density at radius 3 is 2.44 bits per heavy atom. The van der Waals surface area contributed by atoms with Crippen LogP contribution < -0.4 is 4.90 Å². The predicted octanol–water partition coefficient (Wildman–Crippen LogP) is 0.589. The lowest BCUT2D eigenvalue weighted by Gasteiger charge is -2.26. The Hall–Kier alpha value is -1.36. The SMILES string of the molecule is O=C1C2CC(CS2(=O)=O)N1c1ccccc1. The fourth-order valence-electron chi connectivity index (χ4n) is 2.54. The van der Waals surface area contributed by atoms with Crippen molar-refractivity contribution < 1.29 is 13.2 Å². The van der Waals surface area contributed by atoms with E-state index in [9.17, 15) is 13.2 Å². The van der Waals surface area contributed by atoms with Gasteiger partial charge in [0.05, 0.1) is 11.8 Å². The van der Waals surface area contributed by atoms with E-state index in [4.69, 9.17) is 0 Å². The molecule has 3 rings (SSSR count). The zero-order chi connectivity index (χ0) is 11.3. The molecule has 2 heterocycles. The summed E-state index contributed by atoms with van der Waals surface area (Å²) in [7, 11) is -3.17. The van der Waals surface area contributed by atoms with Crippen LogP contribution in [-0.4, -0.2) is 31.4 Å². The maximum atomic E-state index is 11.9. The van der Waals surface area contributed by atoms with Gasteiger partial charge in [0.25, 0.3) is 0 Å². The van der Waals surface area contributed by atoms with Gasteiger partial charge in [-0.05, 0) is 18.6 Å². The second kappa shape index (κ2) is 3.07. The molecule has 2 atom stereocenters. The van der Waals surface area contributed by atoms with Gasteiger partial charge in [0.2, 0.25) is 5.91 Å². The van der Waals surface area contributed by atoms with Crippen molar-refractivity contribution in [2.24, 2.45) is 0 Å². The topological polar surface area (TPSA) is 54.5 Å². The van der Waals surface area contributed by atoms with E-state index >= 15 is 0 Å². The number of hydrogen-bond acceptors (Lipinski definition) is 3. The summed E-state index contributed by atoms with van der Waals surface area (Å²) in [6, 6.07) is 9.09. The third-order valence-electron chi connectivity index (χ3n) is 3.26. The molecule has 84 valence electrons. The summed E-state index contributed by atoms with van der Waals surface area (Å²) < 4.78 is 23.1. The average molecular weight is 237 g/mol. The van der Waals surface area contributed by atoms with E-state index in [1.165, 1.54) is 0 Å². The van der Waals surface area contributed by atoms with E-state index in [0.29, 0.717) is 6.42 Å². The van der Waals surface area contributed by atoms with Crippen LogP contribution in [0.1, 0.15) is 6.42 Å². The van der Waals surface area contributed by atoms with Crippen LogP contribution in [0.3, 0.4) is 0 Å². The van der Waals surface area contributed by atoms with Crippen molar-refractivity contribution >= 4 is 21.4 Å². The first-order valence-corrected chi connectivity index (χ1v) is 6.91. The maximum Gasteiger partial charge on any atom is 0.245 e. The number of nitrogens with zero attached hydrogens (tertiary/aromatic N) is 1. The van der Waals surface area contributed by atoms with Crippen molar-refractivity contribution in [3.05, 3.63) is 30.3 Å². The Labute approximate surface area is 93.8 Å². The lowest BCUT2D eigenvalue weighted by molar-refractivity contribution is -0.117. The minimum Gasteiger partial charge on any atom is -0.307 e. The van der Waals surface area contributed by atoms with Gasteiger partial charge in [-0.25, -0.2) is 8.42 Å². The van der Waals surface area contributed by atoms with E-state index < -0.39 is 15.1 Å². The van der Waals surface area contributed by atoms with E-state index in [-0.39, 0.29) is 17.7 Å². The largest absolute Gasteiger partial charge is 0.307 e. The molecule has 2 bridgehead atoms. The van der Waals surface area contributed by atoms with E-state index in [2.05, 4.69) is 0 Å². The number of sulfone groups is 1. The minimum absolute atomic E-state index is 0.109. The first-order chi connectivity index (χ1) is 7.59. The van der Waals surface area contributed by atoms with Crippen LogP contribution in [0, 0.1) is 0 Å². The normalized spacial score (nSPS) is 31.0. The zero-order valence-corrected chi connectivity index (χ0v) is 9.35.